The van der Waals surface area contributed by atoms with Crippen LogP contribution in [0.4, 0.5) is 0 Å². The SMILES string of the molecule is CC(C)(C)[Si](Oc1cccc(C(C#CC#CC(c2ccccc2)(c2ccccc2)c2cccc(O[Si](c3ccccc3)(c3ccccc3)C(C)(C)C)c2)(c2ccccc2)c2ccccc2)c1)(c1ccccc1)c1ccccc1. The van der Waals surface area contributed by atoms with E-state index in [1.807, 2.05) is 0 Å². The van der Waals surface area contributed by atoms with Crippen LogP contribution in [0.3, 0.4) is 0 Å². The van der Waals surface area contributed by atoms with Crippen molar-refractivity contribution in [3.63, 3.8) is 0 Å². The smallest absolute Gasteiger partial charge is 0.319 e. The van der Waals surface area contributed by atoms with Gasteiger partial charge >= 0.3 is 16.6 Å². The minimum atomic E-state index is -3.01. The van der Waals surface area contributed by atoms with Crippen LogP contribution in [-0.4, -0.2) is 16.6 Å². The second-order valence-corrected chi connectivity index (χ2v) is 30.5. The van der Waals surface area contributed by atoms with Crippen molar-refractivity contribution in [1.82, 2.24) is 0 Å². The van der Waals surface area contributed by atoms with Crippen molar-refractivity contribution < 1.29 is 8.85 Å². The van der Waals surface area contributed by atoms with Crippen molar-refractivity contribution in [2.75, 3.05) is 0 Å². The first-order chi connectivity index (χ1) is 37.9. The summed E-state index contributed by atoms with van der Waals surface area (Å²) in [6.07, 6.45) is 0. The highest BCUT2D eigenvalue weighted by Gasteiger charge is 2.53. The van der Waals surface area contributed by atoms with E-state index in [0.29, 0.717) is 0 Å². The second-order valence-electron chi connectivity index (χ2n) is 22.1. The van der Waals surface area contributed by atoms with E-state index in [0.717, 1.165) is 44.9 Å². The minimum absolute atomic E-state index is 0.242. The van der Waals surface area contributed by atoms with Crippen molar-refractivity contribution in [2.24, 2.45) is 0 Å². The van der Waals surface area contributed by atoms with Gasteiger partial charge in [0.25, 0.3) is 0 Å². The fourth-order valence-electron chi connectivity index (χ4n) is 11.7. The average molecular weight is 1040 g/mol. The standard InChI is InChI=1S/C74H66O2Si2/c1-71(2,3)77(67-47-23-11-24-48-67,68-49-25-12-26-50-68)75-65-45-33-43-63(57-65)73(59-35-15-7-16-36-59,60-37-17-8-18-38-60)55-31-32-56-74(61-39-19-9-20-40-61,62-41-21-10-22-42-62)64-44-34-46-66(58-64)76-78(72(4,5)6,69-51-27-13-28-52-69)70-53-29-14-30-54-70/h7-30,33-54,57-58H,1-6H3. The van der Waals surface area contributed by atoms with Gasteiger partial charge in [-0.05, 0) is 100 Å². The largest absolute Gasteiger partial charge is 0.534 e. The molecule has 0 aromatic heterocycles. The lowest BCUT2D eigenvalue weighted by atomic mass is 9.69. The Morgan fingerprint density at radius 1 is 0.256 bits per heavy atom. The topological polar surface area (TPSA) is 18.5 Å². The number of hydrogen-bond acceptors (Lipinski definition) is 2. The maximum Gasteiger partial charge on any atom is 0.319 e. The molecule has 0 unspecified atom stereocenters. The molecule has 0 aliphatic heterocycles. The third-order valence-corrected chi connectivity index (χ3v) is 25.2. The lowest BCUT2D eigenvalue weighted by Crippen LogP contribution is -2.68. The van der Waals surface area contributed by atoms with Crippen LogP contribution in [0.25, 0.3) is 0 Å². The van der Waals surface area contributed by atoms with Crippen molar-refractivity contribution in [1.29, 1.82) is 0 Å². The first-order valence-corrected chi connectivity index (χ1v) is 30.8. The quantitative estimate of drug-likeness (QED) is 0.0614. The summed E-state index contributed by atoms with van der Waals surface area (Å²) in [4.78, 5) is 0. The zero-order chi connectivity index (χ0) is 54.1. The average Bonchev–Trinajstić information content (AvgIpc) is 3.52. The summed E-state index contributed by atoms with van der Waals surface area (Å²) in [6.45, 7) is 13.9. The summed E-state index contributed by atoms with van der Waals surface area (Å²) < 4.78 is 15.5. The van der Waals surface area contributed by atoms with Gasteiger partial charge < -0.3 is 8.85 Å². The molecule has 0 bridgehead atoms. The number of hydrogen-bond donors (Lipinski definition) is 0. The molecule has 0 atom stereocenters. The monoisotopic (exact) mass is 1040 g/mol. The maximum atomic E-state index is 7.73. The highest BCUT2D eigenvalue weighted by atomic mass is 28.4. The summed E-state index contributed by atoms with van der Waals surface area (Å²) >= 11 is 0. The molecule has 0 aliphatic rings. The lowest BCUT2D eigenvalue weighted by Gasteiger charge is -2.43. The summed E-state index contributed by atoms with van der Waals surface area (Å²) in [5.41, 5.74) is 4.14. The molecule has 0 spiro atoms. The van der Waals surface area contributed by atoms with Gasteiger partial charge in [-0.25, -0.2) is 0 Å². The summed E-state index contributed by atoms with van der Waals surface area (Å²) in [7, 11) is -6.01. The molecule has 0 fully saturated rings. The lowest BCUT2D eigenvalue weighted by molar-refractivity contribution is 0.507. The molecular weight excluding hydrogens is 977 g/mol. The summed E-state index contributed by atoms with van der Waals surface area (Å²) in [5, 5.41) is 4.36. The van der Waals surface area contributed by atoms with Gasteiger partial charge in [0.15, 0.2) is 0 Å². The van der Waals surface area contributed by atoms with Gasteiger partial charge in [0.05, 0.1) is 0 Å². The van der Waals surface area contributed by atoms with Crippen molar-refractivity contribution in [3.05, 3.63) is 325 Å². The van der Waals surface area contributed by atoms with Crippen LogP contribution in [0, 0.1) is 23.7 Å². The van der Waals surface area contributed by atoms with Crippen LogP contribution < -0.4 is 29.6 Å². The maximum absolute atomic E-state index is 7.73. The van der Waals surface area contributed by atoms with E-state index < -0.39 is 27.5 Å². The Kier molecular flexibility index (Phi) is 15.2. The van der Waals surface area contributed by atoms with Crippen LogP contribution >= 0.6 is 0 Å². The van der Waals surface area contributed by atoms with Crippen LogP contribution in [0.1, 0.15) is 74.9 Å². The first kappa shape index (κ1) is 52.8. The van der Waals surface area contributed by atoms with E-state index >= 15 is 0 Å². The van der Waals surface area contributed by atoms with Gasteiger partial charge in [-0.2, -0.15) is 0 Å². The van der Waals surface area contributed by atoms with Gasteiger partial charge in [-0.1, -0.05) is 320 Å². The molecule has 0 saturated carbocycles. The van der Waals surface area contributed by atoms with Crippen molar-refractivity contribution >= 4 is 37.4 Å². The predicted molar refractivity (Wildman–Crippen MR) is 330 cm³/mol. The summed E-state index contributed by atoms with van der Waals surface area (Å²) in [5.74, 6) is 16.5. The van der Waals surface area contributed by atoms with Crippen molar-refractivity contribution in [2.45, 2.75) is 62.4 Å². The molecule has 0 aliphatic carbocycles. The Balaban J connectivity index is 1.18. The molecule has 4 heteroatoms. The molecule has 10 aromatic rings. The predicted octanol–water partition coefficient (Wildman–Crippen LogP) is 14.9. The summed E-state index contributed by atoms with van der Waals surface area (Å²) in [6, 6.07) is 103. The van der Waals surface area contributed by atoms with Crippen LogP contribution in [0.5, 0.6) is 11.5 Å². The normalized spacial score (nSPS) is 12.0. The molecule has 10 rings (SSSR count). The fraction of sp³-hybridized carbons (Fsp3) is 0.135. The van der Waals surface area contributed by atoms with Gasteiger partial charge in [0.2, 0.25) is 0 Å². The molecule has 10 aromatic carbocycles. The Bertz CT molecular complexity index is 3280. The Hall–Kier alpha value is -8.65. The third kappa shape index (κ3) is 9.98. The second kappa shape index (κ2) is 22.5. The molecular formula is C74H66O2Si2. The van der Waals surface area contributed by atoms with E-state index in [2.05, 4.69) is 356 Å². The van der Waals surface area contributed by atoms with Gasteiger partial charge in [-0.15, -0.1) is 0 Å². The Morgan fingerprint density at radius 3 is 0.705 bits per heavy atom. The third-order valence-electron chi connectivity index (χ3n) is 15.3. The van der Waals surface area contributed by atoms with E-state index in [-0.39, 0.29) is 10.1 Å². The van der Waals surface area contributed by atoms with Crippen molar-refractivity contribution in [3.8, 4) is 35.2 Å². The number of rotatable bonds is 14. The van der Waals surface area contributed by atoms with Crippen LogP contribution in [0.2, 0.25) is 10.1 Å². The van der Waals surface area contributed by atoms with Gasteiger partial charge in [-0.3, -0.25) is 0 Å². The Morgan fingerprint density at radius 2 is 0.474 bits per heavy atom. The molecule has 382 valence electrons. The highest BCUT2D eigenvalue weighted by Crippen LogP contribution is 2.45. The van der Waals surface area contributed by atoms with Crippen LogP contribution in [0.15, 0.2) is 291 Å². The zero-order valence-electron chi connectivity index (χ0n) is 45.5. The molecule has 0 heterocycles. The molecule has 78 heavy (non-hydrogen) atoms. The van der Waals surface area contributed by atoms with E-state index in [4.69, 9.17) is 8.85 Å². The first-order valence-electron chi connectivity index (χ1n) is 27.0. The Labute approximate surface area is 465 Å². The van der Waals surface area contributed by atoms with Gasteiger partial charge in [0, 0.05) is 0 Å². The molecule has 0 radical (unpaired) electrons. The molecule has 0 N–H and O–H groups in total. The van der Waals surface area contributed by atoms with E-state index in [1.54, 1.807) is 0 Å². The zero-order valence-corrected chi connectivity index (χ0v) is 47.5. The van der Waals surface area contributed by atoms with Gasteiger partial charge in [0.1, 0.15) is 22.3 Å². The fourth-order valence-corrected chi connectivity index (χ4v) is 20.5. The van der Waals surface area contributed by atoms with E-state index in [9.17, 15) is 0 Å². The van der Waals surface area contributed by atoms with Crippen LogP contribution in [-0.2, 0) is 10.8 Å². The highest BCUT2D eigenvalue weighted by molar-refractivity contribution is 7.00. The molecule has 0 saturated heterocycles. The van der Waals surface area contributed by atoms with E-state index in [1.165, 1.54) is 20.7 Å². The minimum Gasteiger partial charge on any atom is -0.534 e. The molecule has 0 amide bonds. The number of benzene rings is 10. The molecule has 2 nitrogen and oxygen atoms in total.